The van der Waals surface area contributed by atoms with Crippen LogP contribution in [-0.4, -0.2) is 21.9 Å². The first kappa shape index (κ1) is 17.2. The van der Waals surface area contributed by atoms with E-state index in [0.29, 0.717) is 23.1 Å². The number of thioether (sulfide) groups is 1. The second kappa shape index (κ2) is 8.50. The van der Waals surface area contributed by atoms with Crippen molar-refractivity contribution in [3.05, 3.63) is 54.6 Å². The molecule has 25 heavy (non-hydrogen) atoms. The van der Waals surface area contributed by atoms with Gasteiger partial charge in [0.2, 0.25) is 11.0 Å². The Morgan fingerprint density at radius 2 is 1.80 bits per heavy atom. The van der Waals surface area contributed by atoms with Gasteiger partial charge < -0.3 is 15.8 Å². The number of nitrogens with two attached hydrogens (primary N) is 1. The lowest BCUT2D eigenvalue weighted by Crippen LogP contribution is -2.11. The van der Waals surface area contributed by atoms with E-state index < -0.39 is 0 Å². The molecular weight excluding hydrogens is 356 g/mol. The molecule has 0 aliphatic rings. The number of nitrogens with one attached hydrogen (secondary N) is 1. The van der Waals surface area contributed by atoms with Gasteiger partial charge in [-0.05, 0) is 36.4 Å². The first-order valence-electron chi connectivity index (χ1n) is 7.53. The van der Waals surface area contributed by atoms with Gasteiger partial charge in [0.05, 0.1) is 0 Å². The van der Waals surface area contributed by atoms with Crippen LogP contribution in [-0.2, 0) is 4.79 Å². The van der Waals surface area contributed by atoms with E-state index >= 15 is 0 Å². The molecule has 0 fully saturated rings. The fraction of sp³-hybridized carbons (Fsp3) is 0.118. The standard InChI is InChI=1S/C17H16N4O2S2/c18-16-20-21-17(25-16)24-11-10-15(22)19-12-6-8-14(9-7-12)23-13-4-2-1-3-5-13/h1-9H,10-11H2,(H2,18,20)(H,19,22). The molecule has 1 amide bonds. The minimum Gasteiger partial charge on any atom is -0.457 e. The van der Waals surface area contributed by atoms with Gasteiger partial charge >= 0.3 is 0 Å². The number of benzene rings is 2. The van der Waals surface area contributed by atoms with E-state index in [-0.39, 0.29) is 5.91 Å². The molecule has 6 nitrogen and oxygen atoms in total. The summed E-state index contributed by atoms with van der Waals surface area (Å²) >= 11 is 2.79. The van der Waals surface area contributed by atoms with Crippen LogP contribution in [0.25, 0.3) is 0 Å². The number of carbonyl (C=O) groups excluding carboxylic acids is 1. The van der Waals surface area contributed by atoms with Crippen LogP contribution < -0.4 is 15.8 Å². The number of hydrogen-bond donors (Lipinski definition) is 2. The molecule has 0 aliphatic heterocycles. The highest BCUT2D eigenvalue weighted by Gasteiger charge is 2.06. The van der Waals surface area contributed by atoms with Crippen molar-refractivity contribution in [1.82, 2.24) is 10.2 Å². The number of amides is 1. The summed E-state index contributed by atoms with van der Waals surface area (Å²) in [5.74, 6) is 2.05. The van der Waals surface area contributed by atoms with Gasteiger partial charge in [0, 0.05) is 17.9 Å². The van der Waals surface area contributed by atoms with Crippen LogP contribution in [0.1, 0.15) is 6.42 Å². The predicted molar refractivity (Wildman–Crippen MR) is 101 cm³/mol. The van der Waals surface area contributed by atoms with Crippen molar-refractivity contribution in [3.8, 4) is 11.5 Å². The molecule has 0 aliphatic carbocycles. The molecule has 0 bridgehead atoms. The van der Waals surface area contributed by atoms with E-state index in [9.17, 15) is 4.79 Å². The summed E-state index contributed by atoms with van der Waals surface area (Å²) in [6.07, 6.45) is 0.381. The van der Waals surface area contributed by atoms with Crippen molar-refractivity contribution in [1.29, 1.82) is 0 Å². The quantitative estimate of drug-likeness (QED) is 0.609. The topological polar surface area (TPSA) is 90.1 Å². The van der Waals surface area contributed by atoms with Crippen molar-refractivity contribution in [2.45, 2.75) is 10.8 Å². The van der Waals surface area contributed by atoms with E-state index in [2.05, 4.69) is 15.5 Å². The van der Waals surface area contributed by atoms with E-state index in [1.807, 2.05) is 54.6 Å². The van der Waals surface area contributed by atoms with Gasteiger partial charge in [-0.2, -0.15) is 0 Å². The molecule has 0 unspecified atom stereocenters. The Morgan fingerprint density at radius 1 is 1.08 bits per heavy atom. The number of nitrogen functional groups attached to an aromatic ring is 1. The molecule has 3 rings (SSSR count). The summed E-state index contributed by atoms with van der Waals surface area (Å²) in [5.41, 5.74) is 6.25. The van der Waals surface area contributed by atoms with Crippen LogP contribution in [0.5, 0.6) is 11.5 Å². The van der Waals surface area contributed by atoms with Crippen LogP contribution in [0.4, 0.5) is 10.8 Å². The van der Waals surface area contributed by atoms with Crippen molar-refractivity contribution < 1.29 is 9.53 Å². The molecule has 0 saturated carbocycles. The molecule has 3 N–H and O–H groups in total. The molecule has 2 aromatic carbocycles. The molecule has 0 saturated heterocycles. The highest BCUT2D eigenvalue weighted by molar-refractivity contribution is 8.01. The highest BCUT2D eigenvalue weighted by Crippen LogP contribution is 2.25. The molecule has 1 heterocycles. The zero-order chi connectivity index (χ0) is 17.5. The average Bonchev–Trinajstić information content (AvgIpc) is 3.03. The Hall–Kier alpha value is -2.58. The summed E-state index contributed by atoms with van der Waals surface area (Å²) in [7, 11) is 0. The smallest absolute Gasteiger partial charge is 0.225 e. The SMILES string of the molecule is Nc1nnc(SCCC(=O)Nc2ccc(Oc3ccccc3)cc2)s1. The number of anilines is 2. The van der Waals surface area contributed by atoms with Gasteiger partial charge in [-0.15, -0.1) is 10.2 Å². The van der Waals surface area contributed by atoms with Crippen LogP contribution >= 0.6 is 23.1 Å². The first-order chi connectivity index (χ1) is 12.2. The Kier molecular flexibility index (Phi) is 5.86. The third-order valence-electron chi connectivity index (χ3n) is 3.09. The van der Waals surface area contributed by atoms with E-state index in [1.165, 1.54) is 23.1 Å². The largest absolute Gasteiger partial charge is 0.457 e. The predicted octanol–water partition coefficient (Wildman–Crippen LogP) is 4.03. The van der Waals surface area contributed by atoms with Gasteiger partial charge in [0.1, 0.15) is 11.5 Å². The van der Waals surface area contributed by atoms with Crippen LogP contribution in [0.2, 0.25) is 0 Å². The lowest BCUT2D eigenvalue weighted by atomic mass is 10.3. The number of hydrogen-bond acceptors (Lipinski definition) is 7. The van der Waals surface area contributed by atoms with Crippen molar-refractivity contribution in [2.24, 2.45) is 0 Å². The highest BCUT2D eigenvalue weighted by atomic mass is 32.2. The number of nitrogens with zero attached hydrogens (tertiary/aromatic N) is 2. The maximum absolute atomic E-state index is 12.0. The summed E-state index contributed by atoms with van der Waals surface area (Å²) in [6, 6.07) is 16.8. The third kappa shape index (κ3) is 5.47. The number of aromatic nitrogens is 2. The number of carbonyl (C=O) groups is 1. The molecule has 0 spiro atoms. The van der Waals surface area contributed by atoms with Gasteiger partial charge in [0.25, 0.3) is 0 Å². The molecule has 0 atom stereocenters. The monoisotopic (exact) mass is 372 g/mol. The maximum Gasteiger partial charge on any atom is 0.225 e. The Bertz CT molecular complexity index is 822. The number of ether oxygens (including phenoxy) is 1. The molecule has 128 valence electrons. The van der Waals surface area contributed by atoms with Gasteiger partial charge in [0.15, 0.2) is 4.34 Å². The summed E-state index contributed by atoms with van der Waals surface area (Å²) in [6.45, 7) is 0. The normalized spacial score (nSPS) is 10.4. The lowest BCUT2D eigenvalue weighted by molar-refractivity contribution is -0.115. The first-order valence-corrected chi connectivity index (χ1v) is 9.34. The molecular formula is C17H16N4O2S2. The fourth-order valence-corrected chi connectivity index (χ4v) is 3.61. The summed E-state index contributed by atoms with van der Waals surface area (Å²) in [5, 5.41) is 10.9. The molecule has 0 radical (unpaired) electrons. The Morgan fingerprint density at radius 3 is 2.48 bits per heavy atom. The second-order valence-electron chi connectivity index (χ2n) is 4.99. The number of rotatable bonds is 7. The third-order valence-corrected chi connectivity index (χ3v) is 4.98. The average molecular weight is 372 g/mol. The summed E-state index contributed by atoms with van der Waals surface area (Å²) < 4.78 is 6.49. The second-order valence-corrected chi connectivity index (χ2v) is 7.34. The maximum atomic E-state index is 12.0. The number of para-hydroxylation sites is 1. The minimum absolute atomic E-state index is 0.0540. The fourth-order valence-electron chi connectivity index (χ4n) is 1.96. The van der Waals surface area contributed by atoms with E-state index in [1.54, 1.807) is 0 Å². The zero-order valence-electron chi connectivity index (χ0n) is 13.2. The molecule has 1 aromatic heterocycles. The Labute approximate surface area is 153 Å². The minimum atomic E-state index is -0.0540. The molecule has 8 heteroatoms. The van der Waals surface area contributed by atoms with Crippen molar-refractivity contribution in [2.75, 3.05) is 16.8 Å². The molecule has 3 aromatic rings. The van der Waals surface area contributed by atoms with Crippen LogP contribution in [0, 0.1) is 0 Å². The van der Waals surface area contributed by atoms with E-state index in [0.717, 1.165) is 15.8 Å². The van der Waals surface area contributed by atoms with Gasteiger partial charge in [-0.25, -0.2) is 0 Å². The lowest BCUT2D eigenvalue weighted by Gasteiger charge is -2.08. The zero-order valence-corrected chi connectivity index (χ0v) is 14.8. The summed E-state index contributed by atoms with van der Waals surface area (Å²) in [4.78, 5) is 12.0. The Balaban J connectivity index is 1.45. The van der Waals surface area contributed by atoms with E-state index in [4.69, 9.17) is 10.5 Å². The van der Waals surface area contributed by atoms with Gasteiger partial charge in [-0.3, -0.25) is 4.79 Å². The van der Waals surface area contributed by atoms with Crippen molar-refractivity contribution in [3.63, 3.8) is 0 Å². The van der Waals surface area contributed by atoms with Crippen molar-refractivity contribution >= 4 is 39.8 Å². The van der Waals surface area contributed by atoms with Crippen LogP contribution in [0.3, 0.4) is 0 Å². The van der Waals surface area contributed by atoms with Gasteiger partial charge in [-0.1, -0.05) is 41.3 Å². The van der Waals surface area contributed by atoms with Crippen LogP contribution in [0.15, 0.2) is 58.9 Å².